The Labute approximate surface area is 173 Å². The molecule has 7 heteroatoms. The maximum Gasteiger partial charge on any atom is 0.276 e. The van der Waals surface area contributed by atoms with Gasteiger partial charge in [0.1, 0.15) is 17.3 Å². The van der Waals surface area contributed by atoms with Crippen molar-refractivity contribution < 1.29 is 23.5 Å². The zero-order chi connectivity index (χ0) is 21.2. The molecule has 0 radical (unpaired) electrons. The van der Waals surface area contributed by atoms with E-state index in [9.17, 15) is 14.0 Å². The molecule has 0 bridgehead atoms. The summed E-state index contributed by atoms with van der Waals surface area (Å²) in [4.78, 5) is 23.7. The molecule has 0 aliphatic carbocycles. The van der Waals surface area contributed by atoms with Crippen molar-refractivity contribution in [2.75, 3.05) is 13.2 Å². The van der Waals surface area contributed by atoms with Gasteiger partial charge in [0.15, 0.2) is 13.2 Å². The molecule has 3 aromatic rings. The van der Waals surface area contributed by atoms with E-state index in [1.165, 1.54) is 24.3 Å². The van der Waals surface area contributed by atoms with Crippen LogP contribution in [0.2, 0.25) is 0 Å². The Morgan fingerprint density at radius 1 is 0.733 bits per heavy atom. The van der Waals surface area contributed by atoms with E-state index in [0.717, 1.165) is 11.1 Å². The number of para-hydroxylation sites is 1. The van der Waals surface area contributed by atoms with Crippen LogP contribution in [0.4, 0.5) is 4.39 Å². The summed E-state index contributed by atoms with van der Waals surface area (Å²) in [5.74, 6) is -0.528. The molecule has 0 fully saturated rings. The topological polar surface area (TPSA) is 76.7 Å². The van der Waals surface area contributed by atoms with Gasteiger partial charge in [0.05, 0.1) is 0 Å². The highest BCUT2D eigenvalue weighted by Gasteiger charge is 2.09. The van der Waals surface area contributed by atoms with E-state index in [0.29, 0.717) is 17.9 Å². The molecule has 0 aromatic heterocycles. The Bertz CT molecular complexity index is 978. The molecule has 0 saturated carbocycles. The summed E-state index contributed by atoms with van der Waals surface area (Å²) in [5.41, 5.74) is 6.58. The maximum atomic E-state index is 12.8. The fourth-order valence-electron chi connectivity index (χ4n) is 2.64. The molecule has 0 aliphatic rings. The maximum absolute atomic E-state index is 12.8. The van der Waals surface area contributed by atoms with Crippen molar-refractivity contribution >= 4 is 11.8 Å². The van der Waals surface area contributed by atoms with Gasteiger partial charge in [-0.3, -0.25) is 20.4 Å². The van der Waals surface area contributed by atoms with Gasteiger partial charge < -0.3 is 9.47 Å². The first-order valence-corrected chi connectivity index (χ1v) is 9.31. The lowest BCUT2D eigenvalue weighted by molar-refractivity contribution is -0.131. The standard InChI is InChI=1S/C23H21FN2O4/c24-19-10-12-20(13-11-19)29-15-22(27)25-26-23(28)16-30-21-9-5-4-8-18(21)14-17-6-2-1-3-7-17/h1-13H,14-16H2,(H,25,27)(H,26,28). The average Bonchev–Trinajstić information content (AvgIpc) is 2.77. The first-order valence-electron chi connectivity index (χ1n) is 9.31. The van der Waals surface area contributed by atoms with Gasteiger partial charge in [-0.15, -0.1) is 0 Å². The zero-order valence-electron chi connectivity index (χ0n) is 16.1. The van der Waals surface area contributed by atoms with Crippen molar-refractivity contribution in [3.05, 3.63) is 95.8 Å². The number of carbonyl (C=O) groups is 2. The van der Waals surface area contributed by atoms with Crippen LogP contribution in [0, 0.1) is 5.82 Å². The Kier molecular flexibility index (Phi) is 7.38. The van der Waals surface area contributed by atoms with E-state index in [1.54, 1.807) is 6.07 Å². The van der Waals surface area contributed by atoms with Gasteiger partial charge in [0, 0.05) is 6.42 Å². The van der Waals surface area contributed by atoms with E-state index < -0.39 is 17.6 Å². The predicted molar refractivity (Wildman–Crippen MR) is 109 cm³/mol. The quantitative estimate of drug-likeness (QED) is 0.562. The largest absolute Gasteiger partial charge is 0.484 e. The smallest absolute Gasteiger partial charge is 0.276 e. The van der Waals surface area contributed by atoms with Gasteiger partial charge in [0.2, 0.25) is 0 Å². The zero-order valence-corrected chi connectivity index (χ0v) is 16.1. The Morgan fingerprint density at radius 3 is 2.03 bits per heavy atom. The summed E-state index contributed by atoms with van der Waals surface area (Å²) in [6, 6.07) is 22.7. The highest BCUT2D eigenvalue weighted by Crippen LogP contribution is 2.21. The fourth-order valence-corrected chi connectivity index (χ4v) is 2.64. The third kappa shape index (κ3) is 6.63. The molecule has 2 amide bonds. The molecule has 6 nitrogen and oxygen atoms in total. The molecule has 0 saturated heterocycles. The number of benzene rings is 3. The number of nitrogens with one attached hydrogen (secondary N) is 2. The van der Waals surface area contributed by atoms with Gasteiger partial charge in [-0.1, -0.05) is 48.5 Å². The van der Waals surface area contributed by atoms with Crippen molar-refractivity contribution in [1.82, 2.24) is 10.9 Å². The number of amides is 2. The Hall–Kier alpha value is -3.87. The van der Waals surface area contributed by atoms with Crippen molar-refractivity contribution in [3.63, 3.8) is 0 Å². The normalized spacial score (nSPS) is 10.2. The Morgan fingerprint density at radius 2 is 1.33 bits per heavy atom. The SMILES string of the molecule is O=C(COc1ccc(F)cc1)NNC(=O)COc1ccccc1Cc1ccccc1. The molecule has 154 valence electrons. The van der Waals surface area contributed by atoms with Crippen LogP contribution >= 0.6 is 0 Å². The summed E-state index contributed by atoms with van der Waals surface area (Å²) in [7, 11) is 0. The molecule has 0 spiro atoms. The van der Waals surface area contributed by atoms with Crippen LogP contribution in [0.5, 0.6) is 11.5 Å². The Balaban J connectivity index is 1.42. The molecule has 0 atom stereocenters. The van der Waals surface area contributed by atoms with Crippen molar-refractivity contribution in [3.8, 4) is 11.5 Å². The van der Waals surface area contributed by atoms with Gasteiger partial charge in [-0.05, 0) is 41.5 Å². The first kappa shape index (κ1) is 20.9. The minimum atomic E-state index is -0.558. The monoisotopic (exact) mass is 408 g/mol. The second-order valence-electron chi connectivity index (χ2n) is 6.40. The average molecular weight is 408 g/mol. The summed E-state index contributed by atoms with van der Waals surface area (Å²) >= 11 is 0. The number of carbonyl (C=O) groups excluding carboxylic acids is 2. The molecular weight excluding hydrogens is 387 g/mol. The second kappa shape index (κ2) is 10.6. The molecule has 0 heterocycles. The summed E-state index contributed by atoms with van der Waals surface area (Å²) < 4.78 is 23.6. The first-order chi connectivity index (χ1) is 14.6. The third-order valence-electron chi connectivity index (χ3n) is 4.09. The minimum absolute atomic E-state index is 0.259. The summed E-state index contributed by atoms with van der Waals surface area (Å²) in [6.45, 7) is -0.586. The van der Waals surface area contributed by atoms with E-state index >= 15 is 0 Å². The van der Waals surface area contributed by atoms with Gasteiger partial charge in [-0.25, -0.2) is 4.39 Å². The summed E-state index contributed by atoms with van der Waals surface area (Å²) in [5, 5.41) is 0. The number of halogens is 1. The lowest BCUT2D eigenvalue weighted by Crippen LogP contribution is -2.45. The van der Waals surface area contributed by atoms with E-state index in [1.807, 2.05) is 48.5 Å². The van der Waals surface area contributed by atoms with Gasteiger partial charge in [0.25, 0.3) is 11.8 Å². The molecule has 0 aliphatic heterocycles. The predicted octanol–water partition coefficient (Wildman–Crippen LogP) is 3.02. The second-order valence-corrected chi connectivity index (χ2v) is 6.40. The van der Waals surface area contributed by atoms with Crippen LogP contribution in [0.3, 0.4) is 0 Å². The lowest BCUT2D eigenvalue weighted by atomic mass is 10.0. The van der Waals surface area contributed by atoms with Crippen LogP contribution in [-0.2, 0) is 16.0 Å². The minimum Gasteiger partial charge on any atom is -0.484 e. The molecule has 3 rings (SSSR count). The van der Waals surface area contributed by atoms with Crippen LogP contribution in [0.25, 0.3) is 0 Å². The summed E-state index contributed by atoms with van der Waals surface area (Å²) in [6.07, 6.45) is 0.677. The van der Waals surface area contributed by atoms with Crippen LogP contribution in [0.15, 0.2) is 78.9 Å². The van der Waals surface area contributed by atoms with Crippen molar-refractivity contribution in [1.29, 1.82) is 0 Å². The highest BCUT2D eigenvalue weighted by molar-refractivity contribution is 5.83. The number of rotatable bonds is 8. The van der Waals surface area contributed by atoms with Gasteiger partial charge >= 0.3 is 0 Å². The molecule has 0 unspecified atom stereocenters. The fraction of sp³-hybridized carbons (Fsp3) is 0.130. The van der Waals surface area contributed by atoms with Crippen LogP contribution < -0.4 is 20.3 Å². The van der Waals surface area contributed by atoms with Crippen molar-refractivity contribution in [2.45, 2.75) is 6.42 Å². The van der Waals surface area contributed by atoms with Crippen LogP contribution in [0.1, 0.15) is 11.1 Å². The molecular formula is C23H21FN2O4. The molecule has 30 heavy (non-hydrogen) atoms. The third-order valence-corrected chi connectivity index (χ3v) is 4.09. The molecule has 3 aromatic carbocycles. The van der Waals surface area contributed by atoms with Crippen LogP contribution in [-0.4, -0.2) is 25.0 Å². The highest BCUT2D eigenvalue weighted by atomic mass is 19.1. The number of hydrazine groups is 1. The number of ether oxygens (including phenoxy) is 2. The van der Waals surface area contributed by atoms with E-state index in [-0.39, 0.29) is 13.2 Å². The number of hydrogen-bond acceptors (Lipinski definition) is 4. The molecule has 2 N–H and O–H groups in total. The van der Waals surface area contributed by atoms with E-state index in [4.69, 9.17) is 9.47 Å². The number of hydrogen-bond donors (Lipinski definition) is 2. The van der Waals surface area contributed by atoms with Crippen molar-refractivity contribution in [2.24, 2.45) is 0 Å². The van der Waals surface area contributed by atoms with E-state index in [2.05, 4.69) is 10.9 Å². The van der Waals surface area contributed by atoms with Gasteiger partial charge in [-0.2, -0.15) is 0 Å². The lowest BCUT2D eigenvalue weighted by Gasteiger charge is -2.12.